The Kier molecular flexibility index (Phi) is 1.10. The van der Waals surface area contributed by atoms with Crippen LogP contribution in [-0.2, 0) is 0 Å². The molecule has 0 aliphatic rings. The molecule has 0 saturated heterocycles. The van der Waals surface area contributed by atoms with Gasteiger partial charge in [-0.25, -0.2) is 4.98 Å². The van der Waals surface area contributed by atoms with Crippen molar-refractivity contribution >= 4 is 16.7 Å². The molecule has 0 unspecified atom stereocenters. The molecule has 13 heavy (non-hydrogen) atoms. The van der Waals surface area contributed by atoms with Crippen LogP contribution in [-0.4, -0.2) is 14.4 Å². The number of rotatable bonds is 0. The van der Waals surface area contributed by atoms with Crippen LogP contribution in [0.2, 0.25) is 0 Å². The SMILES string of the molecule is Cc1cn2c(ccc3cc[nH]c32)n1. The van der Waals surface area contributed by atoms with Gasteiger partial charge in [0.25, 0.3) is 0 Å². The first kappa shape index (κ1) is 6.71. The first-order valence-electron chi connectivity index (χ1n) is 4.26. The number of fused-ring (bicyclic) bond motifs is 3. The van der Waals surface area contributed by atoms with Crippen LogP contribution in [0.4, 0.5) is 0 Å². The van der Waals surface area contributed by atoms with Crippen LogP contribution < -0.4 is 0 Å². The van der Waals surface area contributed by atoms with E-state index < -0.39 is 0 Å². The number of hydrogen-bond acceptors (Lipinski definition) is 1. The van der Waals surface area contributed by atoms with Crippen molar-refractivity contribution in [2.45, 2.75) is 6.92 Å². The Morgan fingerprint density at radius 1 is 1.31 bits per heavy atom. The van der Waals surface area contributed by atoms with Gasteiger partial charge in [-0.3, -0.25) is 4.40 Å². The summed E-state index contributed by atoms with van der Waals surface area (Å²) in [5.41, 5.74) is 3.15. The van der Waals surface area contributed by atoms with Gasteiger partial charge in [0.15, 0.2) is 0 Å². The number of nitrogens with zero attached hydrogens (tertiary/aromatic N) is 2. The highest BCUT2D eigenvalue weighted by atomic mass is 15.0. The molecular formula is C10H9N3. The summed E-state index contributed by atoms with van der Waals surface area (Å²) < 4.78 is 2.07. The van der Waals surface area contributed by atoms with Gasteiger partial charge in [-0.05, 0) is 25.1 Å². The minimum atomic E-state index is 0.993. The number of nitrogens with one attached hydrogen (secondary N) is 1. The number of aromatic amines is 1. The van der Waals surface area contributed by atoms with Crippen LogP contribution in [0.25, 0.3) is 16.7 Å². The van der Waals surface area contributed by atoms with E-state index in [2.05, 4.69) is 26.5 Å². The average Bonchev–Trinajstić information content (AvgIpc) is 2.65. The van der Waals surface area contributed by atoms with Gasteiger partial charge in [0.1, 0.15) is 11.3 Å². The summed E-state index contributed by atoms with van der Waals surface area (Å²) in [7, 11) is 0. The fraction of sp³-hybridized carbons (Fsp3) is 0.100. The first-order chi connectivity index (χ1) is 6.34. The largest absolute Gasteiger partial charge is 0.347 e. The molecule has 3 heteroatoms. The van der Waals surface area contributed by atoms with Crippen molar-refractivity contribution in [1.82, 2.24) is 14.4 Å². The summed E-state index contributed by atoms with van der Waals surface area (Å²) in [5.74, 6) is 0. The first-order valence-corrected chi connectivity index (χ1v) is 4.26. The van der Waals surface area contributed by atoms with Crippen LogP contribution >= 0.6 is 0 Å². The van der Waals surface area contributed by atoms with Gasteiger partial charge < -0.3 is 4.98 Å². The predicted molar refractivity (Wildman–Crippen MR) is 51.8 cm³/mol. The lowest BCUT2D eigenvalue weighted by atomic mass is 10.3. The Labute approximate surface area is 75.0 Å². The van der Waals surface area contributed by atoms with E-state index in [0.717, 1.165) is 17.0 Å². The highest BCUT2D eigenvalue weighted by Crippen LogP contribution is 2.15. The fourth-order valence-corrected chi connectivity index (χ4v) is 1.69. The maximum Gasteiger partial charge on any atom is 0.138 e. The molecule has 1 N–H and O–H groups in total. The molecule has 0 bridgehead atoms. The predicted octanol–water partition coefficient (Wildman–Crippen LogP) is 2.12. The van der Waals surface area contributed by atoms with E-state index >= 15 is 0 Å². The van der Waals surface area contributed by atoms with E-state index in [1.165, 1.54) is 5.39 Å². The third-order valence-corrected chi connectivity index (χ3v) is 2.26. The van der Waals surface area contributed by atoms with E-state index in [-0.39, 0.29) is 0 Å². The molecule has 3 aromatic heterocycles. The van der Waals surface area contributed by atoms with Gasteiger partial charge in [-0.2, -0.15) is 0 Å². The van der Waals surface area contributed by atoms with Gasteiger partial charge in [-0.1, -0.05) is 0 Å². The lowest BCUT2D eigenvalue weighted by Crippen LogP contribution is -1.84. The second-order valence-electron chi connectivity index (χ2n) is 3.23. The molecule has 0 fully saturated rings. The van der Waals surface area contributed by atoms with Gasteiger partial charge in [0, 0.05) is 17.8 Å². The molecule has 0 atom stereocenters. The lowest BCUT2D eigenvalue weighted by molar-refractivity contribution is 1.21. The fourth-order valence-electron chi connectivity index (χ4n) is 1.69. The summed E-state index contributed by atoms with van der Waals surface area (Å²) in [6, 6.07) is 6.17. The van der Waals surface area contributed by atoms with Crippen LogP contribution in [0.15, 0.2) is 30.6 Å². The number of imidazole rings is 1. The van der Waals surface area contributed by atoms with Crippen molar-refractivity contribution < 1.29 is 0 Å². The Balaban J connectivity index is 2.64. The van der Waals surface area contributed by atoms with Crippen molar-refractivity contribution in [2.75, 3.05) is 0 Å². The van der Waals surface area contributed by atoms with Crippen LogP contribution in [0.5, 0.6) is 0 Å². The zero-order valence-corrected chi connectivity index (χ0v) is 7.28. The van der Waals surface area contributed by atoms with Gasteiger partial charge in [-0.15, -0.1) is 0 Å². The molecule has 0 aliphatic carbocycles. The summed E-state index contributed by atoms with van der Waals surface area (Å²) in [4.78, 5) is 7.58. The molecule has 0 amide bonds. The van der Waals surface area contributed by atoms with Crippen molar-refractivity contribution in [2.24, 2.45) is 0 Å². The number of hydrogen-bond donors (Lipinski definition) is 1. The molecule has 0 saturated carbocycles. The van der Waals surface area contributed by atoms with E-state index in [4.69, 9.17) is 0 Å². The van der Waals surface area contributed by atoms with E-state index in [1.54, 1.807) is 0 Å². The van der Waals surface area contributed by atoms with Gasteiger partial charge in [0.2, 0.25) is 0 Å². The second-order valence-corrected chi connectivity index (χ2v) is 3.23. The Bertz CT molecular complexity index is 574. The third kappa shape index (κ3) is 0.811. The normalized spacial score (nSPS) is 11.5. The zero-order chi connectivity index (χ0) is 8.84. The molecule has 0 aliphatic heterocycles. The number of aromatic nitrogens is 3. The average molecular weight is 171 g/mol. The minimum absolute atomic E-state index is 0.993. The highest BCUT2D eigenvalue weighted by molar-refractivity contribution is 5.79. The van der Waals surface area contributed by atoms with E-state index in [9.17, 15) is 0 Å². The summed E-state index contributed by atoms with van der Waals surface area (Å²) >= 11 is 0. The van der Waals surface area contributed by atoms with Crippen LogP contribution in [0, 0.1) is 6.92 Å². The van der Waals surface area contributed by atoms with Crippen molar-refractivity contribution in [3.8, 4) is 0 Å². The molecule has 3 nitrogen and oxygen atoms in total. The Morgan fingerprint density at radius 2 is 2.23 bits per heavy atom. The zero-order valence-electron chi connectivity index (χ0n) is 7.28. The third-order valence-electron chi connectivity index (χ3n) is 2.26. The van der Waals surface area contributed by atoms with Crippen LogP contribution in [0.1, 0.15) is 5.69 Å². The van der Waals surface area contributed by atoms with Crippen molar-refractivity contribution in [3.05, 3.63) is 36.3 Å². The van der Waals surface area contributed by atoms with Gasteiger partial charge in [0.05, 0.1) is 5.69 Å². The lowest BCUT2D eigenvalue weighted by Gasteiger charge is -1.94. The van der Waals surface area contributed by atoms with Crippen molar-refractivity contribution in [1.29, 1.82) is 0 Å². The summed E-state index contributed by atoms with van der Waals surface area (Å²) in [6.45, 7) is 2.00. The van der Waals surface area contributed by atoms with Gasteiger partial charge >= 0.3 is 0 Å². The maximum atomic E-state index is 4.39. The smallest absolute Gasteiger partial charge is 0.138 e. The second kappa shape index (κ2) is 2.13. The number of pyridine rings is 1. The molecule has 64 valence electrons. The van der Waals surface area contributed by atoms with Crippen LogP contribution in [0.3, 0.4) is 0 Å². The minimum Gasteiger partial charge on any atom is -0.347 e. The number of aryl methyl sites for hydroxylation is 1. The highest BCUT2D eigenvalue weighted by Gasteiger charge is 2.01. The Morgan fingerprint density at radius 3 is 3.15 bits per heavy atom. The molecule has 0 spiro atoms. The van der Waals surface area contributed by atoms with E-state index in [0.29, 0.717) is 0 Å². The standard InChI is InChI=1S/C10H9N3/c1-7-6-13-9(12-7)3-2-8-4-5-11-10(8)13/h2-6,11H,1H3. The molecule has 3 rings (SSSR count). The maximum absolute atomic E-state index is 4.39. The topological polar surface area (TPSA) is 33.1 Å². The Hall–Kier alpha value is -1.77. The quantitative estimate of drug-likeness (QED) is 0.552. The molecular weight excluding hydrogens is 162 g/mol. The molecule has 0 radical (unpaired) electrons. The summed E-state index contributed by atoms with van der Waals surface area (Å²) in [5, 5.41) is 1.21. The number of H-pyrrole nitrogens is 1. The molecule has 3 aromatic rings. The monoisotopic (exact) mass is 171 g/mol. The molecule has 0 aromatic carbocycles. The molecule has 3 heterocycles. The summed E-state index contributed by atoms with van der Waals surface area (Å²) in [6.07, 6.45) is 3.98. The van der Waals surface area contributed by atoms with Crippen molar-refractivity contribution in [3.63, 3.8) is 0 Å². The van der Waals surface area contributed by atoms with E-state index in [1.807, 2.05) is 25.4 Å².